The average molecular weight is 225 g/mol. The first-order valence-electron chi connectivity index (χ1n) is 5.15. The molecule has 0 fully saturated rings. The largest absolute Gasteiger partial charge is 0.495 e. The molecule has 1 aromatic carbocycles. The number of hydrogen-bond donors (Lipinski definition) is 1. The zero-order chi connectivity index (χ0) is 11.4. The van der Waals surface area contributed by atoms with E-state index in [0.29, 0.717) is 11.2 Å². The van der Waals surface area contributed by atoms with Crippen LogP contribution in [0.1, 0.15) is 20.8 Å². The first kappa shape index (κ1) is 12.2. The molecule has 0 heterocycles. The number of nitrogen functional groups attached to an aromatic ring is 1. The van der Waals surface area contributed by atoms with Gasteiger partial charge in [-0.1, -0.05) is 26.8 Å². The first-order valence-corrected chi connectivity index (χ1v) is 6.03. The molecule has 0 aliphatic heterocycles. The van der Waals surface area contributed by atoms with E-state index in [2.05, 4.69) is 20.8 Å². The lowest BCUT2D eigenvalue weighted by molar-refractivity contribution is 0.416. The SMILES string of the molecule is COc1cccc(SC(C)C(C)C)c1N. The minimum atomic E-state index is 0.555. The summed E-state index contributed by atoms with van der Waals surface area (Å²) in [5, 5.41) is 0.555. The van der Waals surface area contributed by atoms with Crippen molar-refractivity contribution >= 4 is 17.4 Å². The highest BCUT2D eigenvalue weighted by Gasteiger charge is 2.12. The Morgan fingerprint density at radius 3 is 2.47 bits per heavy atom. The monoisotopic (exact) mass is 225 g/mol. The van der Waals surface area contributed by atoms with Crippen LogP contribution in [0.5, 0.6) is 5.75 Å². The number of benzene rings is 1. The van der Waals surface area contributed by atoms with Crippen LogP contribution in [-0.2, 0) is 0 Å². The molecule has 0 radical (unpaired) electrons. The molecular weight excluding hydrogens is 206 g/mol. The standard InChI is InChI=1S/C12H19NOS/c1-8(2)9(3)15-11-7-5-6-10(14-4)12(11)13/h5-9H,13H2,1-4H3. The van der Waals surface area contributed by atoms with Gasteiger partial charge in [-0.25, -0.2) is 0 Å². The quantitative estimate of drug-likeness (QED) is 0.630. The molecule has 3 heteroatoms. The van der Waals surface area contributed by atoms with Gasteiger partial charge in [-0.3, -0.25) is 0 Å². The van der Waals surface area contributed by atoms with Gasteiger partial charge in [-0.2, -0.15) is 0 Å². The van der Waals surface area contributed by atoms with Crippen LogP contribution in [-0.4, -0.2) is 12.4 Å². The molecule has 2 nitrogen and oxygen atoms in total. The van der Waals surface area contributed by atoms with Crippen LogP contribution < -0.4 is 10.5 Å². The molecule has 15 heavy (non-hydrogen) atoms. The second-order valence-electron chi connectivity index (χ2n) is 3.94. The zero-order valence-electron chi connectivity index (χ0n) is 9.78. The van der Waals surface area contributed by atoms with Gasteiger partial charge < -0.3 is 10.5 Å². The van der Waals surface area contributed by atoms with Crippen LogP contribution in [0.15, 0.2) is 23.1 Å². The van der Waals surface area contributed by atoms with Crippen LogP contribution in [0, 0.1) is 5.92 Å². The van der Waals surface area contributed by atoms with E-state index in [0.717, 1.165) is 16.3 Å². The number of para-hydroxylation sites is 1. The summed E-state index contributed by atoms with van der Waals surface area (Å²) < 4.78 is 5.19. The third kappa shape index (κ3) is 3.06. The van der Waals surface area contributed by atoms with Gasteiger partial charge in [0.1, 0.15) is 5.75 Å². The molecule has 0 amide bonds. The Morgan fingerprint density at radius 2 is 1.93 bits per heavy atom. The van der Waals surface area contributed by atoms with Crippen LogP contribution in [0.3, 0.4) is 0 Å². The molecule has 0 saturated carbocycles. The molecule has 0 spiro atoms. The fourth-order valence-corrected chi connectivity index (χ4v) is 2.20. The smallest absolute Gasteiger partial charge is 0.142 e. The normalized spacial score (nSPS) is 12.9. The summed E-state index contributed by atoms with van der Waals surface area (Å²) in [5.41, 5.74) is 6.74. The minimum Gasteiger partial charge on any atom is -0.495 e. The van der Waals surface area contributed by atoms with Gasteiger partial charge in [0, 0.05) is 10.1 Å². The van der Waals surface area contributed by atoms with E-state index in [1.807, 2.05) is 18.2 Å². The molecule has 1 unspecified atom stereocenters. The second kappa shape index (κ2) is 5.31. The van der Waals surface area contributed by atoms with E-state index in [1.54, 1.807) is 18.9 Å². The van der Waals surface area contributed by atoms with Gasteiger partial charge in [-0.05, 0) is 18.1 Å². The number of rotatable bonds is 4. The predicted octanol–water partition coefficient (Wildman–Crippen LogP) is 3.41. The third-order valence-corrected chi connectivity index (χ3v) is 4.02. The summed E-state index contributed by atoms with van der Waals surface area (Å²) in [4.78, 5) is 1.11. The van der Waals surface area contributed by atoms with Crippen LogP contribution >= 0.6 is 11.8 Å². The molecule has 0 aromatic heterocycles. The second-order valence-corrected chi connectivity index (χ2v) is 5.36. The lowest BCUT2D eigenvalue weighted by Crippen LogP contribution is -2.06. The van der Waals surface area contributed by atoms with Crippen molar-refractivity contribution in [2.24, 2.45) is 5.92 Å². The fraction of sp³-hybridized carbons (Fsp3) is 0.500. The fourth-order valence-electron chi connectivity index (χ4n) is 1.14. The number of hydrogen-bond acceptors (Lipinski definition) is 3. The van der Waals surface area contributed by atoms with Gasteiger partial charge in [-0.15, -0.1) is 11.8 Å². The number of thioether (sulfide) groups is 1. The highest BCUT2D eigenvalue weighted by atomic mass is 32.2. The van der Waals surface area contributed by atoms with E-state index in [4.69, 9.17) is 10.5 Å². The van der Waals surface area contributed by atoms with Crippen LogP contribution in [0.2, 0.25) is 0 Å². The zero-order valence-corrected chi connectivity index (χ0v) is 10.6. The topological polar surface area (TPSA) is 35.2 Å². The number of anilines is 1. The van der Waals surface area contributed by atoms with E-state index in [1.165, 1.54) is 0 Å². The van der Waals surface area contributed by atoms with Crippen molar-refractivity contribution in [2.45, 2.75) is 30.9 Å². The molecule has 0 aliphatic carbocycles. The molecular formula is C12H19NOS. The highest BCUT2D eigenvalue weighted by molar-refractivity contribution is 8.00. The maximum absolute atomic E-state index is 6.00. The van der Waals surface area contributed by atoms with Crippen molar-refractivity contribution in [1.29, 1.82) is 0 Å². The van der Waals surface area contributed by atoms with Gasteiger partial charge in [0.25, 0.3) is 0 Å². The summed E-state index contributed by atoms with van der Waals surface area (Å²) >= 11 is 1.80. The van der Waals surface area contributed by atoms with Crippen molar-refractivity contribution in [2.75, 3.05) is 12.8 Å². The highest BCUT2D eigenvalue weighted by Crippen LogP contribution is 2.36. The molecule has 1 atom stereocenters. The molecule has 2 N–H and O–H groups in total. The lowest BCUT2D eigenvalue weighted by atomic mass is 10.2. The van der Waals surface area contributed by atoms with Crippen molar-refractivity contribution < 1.29 is 4.74 Å². The summed E-state index contributed by atoms with van der Waals surface area (Å²) in [6, 6.07) is 5.91. The predicted molar refractivity (Wildman–Crippen MR) is 67.6 cm³/mol. The Labute approximate surface area is 96.2 Å². The van der Waals surface area contributed by atoms with Crippen LogP contribution in [0.4, 0.5) is 5.69 Å². The molecule has 84 valence electrons. The summed E-state index contributed by atoms with van der Waals surface area (Å²) in [7, 11) is 1.64. The van der Waals surface area contributed by atoms with E-state index < -0.39 is 0 Å². The Morgan fingerprint density at radius 1 is 1.27 bits per heavy atom. The Balaban J connectivity index is 2.86. The maximum atomic E-state index is 6.00. The Bertz CT molecular complexity index is 325. The summed E-state index contributed by atoms with van der Waals surface area (Å²) in [6.07, 6.45) is 0. The maximum Gasteiger partial charge on any atom is 0.142 e. The average Bonchev–Trinajstić information content (AvgIpc) is 2.21. The first-order chi connectivity index (χ1) is 7.06. The third-order valence-electron chi connectivity index (χ3n) is 2.50. The molecule has 1 aromatic rings. The van der Waals surface area contributed by atoms with Crippen molar-refractivity contribution in [1.82, 2.24) is 0 Å². The molecule has 0 saturated heterocycles. The number of ether oxygens (including phenoxy) is 1. The minimum absolute atomic E-state index is 0.555. The van der Waals surface area contributed by atoms with E-state index in [-0.39, 0.29) is 0 Å². The number of methoxy groups -OCH3 is 1. The van der Waals surface area contributed by atoms with Crippen molar-refractivity contribution in [3.8, 4) is 5.75 Å². The Hall–Kier alpha value is -0.830. The Kier molecular flexibility index (Phi) is 4.33. The summed E-state index contributed by atoms with van der Waals surface area (Å²) in [6.45, 7) is 6.65. The van der Waals surface area contributed by atoms with Crippen molar-refractivity contribution in [3.63, 3.8) is 0 Å². The summed E-state index contributed by atoms with van der Waals surface area (Å²) in [5.74, 6) is 1.40. The van der Waals surface area contributed by atoms with Gasteiger partial charge in [0.15, 0.2) is 0 Å². The van der Waals surface area contributed by atoms with Crippen molar-refractivity contribution in [3.05, 3.63) is 18.2 Å². The lowest BCUT2D eigenvalue weighted by Gasteiger charge is -2.17. The van der Waals surface area contributed by atoms with Crippen LogP contribution in [0.25, 0.3) is 0 Å². The van der Waals surface area contributed by atoms with Gasteiger partial charge in [0.2, 0.25) is 0 Å². The van der Waals surface area contributed by atoms with Gasteiger partial charge in [0.05, 0.1) is 12.8 Å². The van der Waals surface area contributed by atoms with E-state index >= 15 is 0 Å². The van der Waals surface area contributed by atoms with Gasteiger partial charge >= 0.3 is 0 Å². The van der Waals surface area contributed by atoms with E-state index in [9.17, 15) is 0 Å². The molecule has 0 aliphatic rings. The molecule has 0 bridgehead atoms. The molecule has 1 rings (SSSR count). The number of nitrogens with two attached hydrogens (primary N) is 1.